The van der Waals surface area contributed by atoms with Gasteiger partial charge >= 0.3 is 0 Å². The molecule has 90 valence electrons. The third-order valence-electron chi connectivity index (χ3n) is 2.42. The lowest BCUT2D eigenvalue weighted by molar-refractivity contribution is 0.179. The standard InChI is InChI=1S/C12H16N4O/c1-8(7-9(2)17)15-11-4-3-10-12(16-11)14-6-5-13-10/h3-6,8-9,17H,7H2,1-2H3,(H,14,15,16). The SMILES string of the molecule is CC(O)CC(C)Nc1ccc2nccnc2n1. The number of pyridine rings is 1. The summed E-state index contributed by atoms with van der Waals surface area (Å²) in [6.45, 7) is 3.78. The fourth-order valence-electron chi connectivity index (χ4n) is 1.76. The molecule has 2 aromatic heterocycles. The summed E-state index contributed by atoms with van der Waals surface area (Å²) in [5, 5.41) is 12.5. The van der Waals surface area contributed by atoms with E-state index in [0.29, 0.717) is 12.1 Å². The van der Waals surface area contributed by atoms with Gasteiger partial charge in [0.1, 0.15) is 11.3 Å². The minimum absolute atomic E-state index is 0.164. The average Bonchev–Trinajstić information content (AvgIpc) is 2.27. The van der Waals surface area contributed by atoms with Crippen LogP contribution in [0.25, 0.3) is 11.2 Å². The second-order valence-corrected chi connectivity index (χ2v) is 4.23. The predicted octanol–water partition coefficient (Wildman–Crippen LogP) is 1.60. The van der Waals surface area contributed by atoms with Crippen molar-refractivity contribution in [3.63, 3.8) is 0 Å². The smallest absolute Gasteiger partial charge is 0.180 e. The third-order valence-corrected chi connectivity index (χ3v) is 2.42. The zero-order valence-corrected chi connectivity index (χ0v) is 9.96. The van der Waals surface area contributed by atoms with Crippen molar-refractivity contribution in [2.45, 2.75) is 32.4 Å². The number of hydrogen-bond acceptors (Lipinski definition) is 5. The van der Waals surface area contributed by atoms with E-state index in [1.165, 1.54) is 0 Å². The summed E-state index contributed by atoms with van der Waals surface area (Å²) in [4.78, 5) is 12.7. The van der Waals surface area contributed by atoms with Crippen molar-refractivity contribution in [1.29, 1.82) is 0 Å². The first kappa shape index (κ1) is 11.7. The minimum Gasteiger partial charge on any atom is -0.393 e. The summed E-state index contributed by atoms with van der Waals surface area (Å²) in [5.74, 6) is 0.756. The first-order valence-corrected chi connectivity index (χ1v) is 5.67. The van der Waals surface area contributed by atoms with Crippen molar-refractivity contribution in [1.82, 2.24) is 15.0 Å². The molecule has 2 heterocycles. The summed E-state index contributed by atoms with van der Waals surface area (Å²) in [7, 11) is 0. The lowest BCUT2D eigenvalue weighted by Gasteiger charge is -2.15. The molecule has 2 aromatic rings. The molecule has 0 radical (unpaired) electrons. The summed E-state index contributed by atoms with van der Waals surface area (Å²) in [6, 6.07) is 3.92. The molecule has 17 heavy (non-hydrogen) atoms. The van der Waals surface area contributed by atoms with Crippen LogP contribution in [0.5, 0.6) is 0 Å². The molecule has 5 nitrogen and oxygen atoms in total. The second kappa shape index (κ2) is 5.05. The van der Waals surface area contributed by atoms with Gasteiger partial charge in [0.2, 0.25) is 0 Å². The van der Waals surface area contributed by atoms with Gasteiger partial charge in [-0.05, 0) is 32.4 Å². The van der Waals surface area contributed by atoms with Crippen LogP contribution < -0.4 is 5.32 Å². The molecular weight excluding hydrogens is 216 g/mol. The summed E-state index contributed by atoms with van der Waals surface area (Å²) < 4.78 is 0. The van der Waals surface area contributed by atoms with Crippen LogP contribution in [-0.4, -0.2) is 32.2 Å². The Hall–Kier alpha value is -1.75. The van der Waals surface area contributed by atoms with Crippen molar-refractivity contribution in [2.24, 2.45) is 0 Å². The van der Waals surface area contributed by atoms with Gasteiger partial charge in [-0.15, -0.1) is 0 Å². The number of aliphatic hydroxyl groups excluding tert-OH is 1. The van der Waals surface area contributed by atoms with Crippen molar-refractivity contribution < 1.29 is 5.11 Å². The summed E-state index contributed by atoms with van der Waals surface area (Å²) in [6.07, 6.45) is 3.63. The number of rotatable bonds is 4. The average molecular weight is 232 g/mol. The van der Waals surface area contributed by atoms with Gasteiger partial charge in [-0.2, -0.15) is 0 Å². The molecule has 2 N–H and O–H groups in total. The van der Waals surface area contributed by atoms with Gasteiger partial charge in [0.15, 0.2) is 5.65 Å². The molecule has 0 fully saturated rings. The van der Waals surface area contributed by atoms with Crippen molar-refractivity contribution >= 4 is 17.0 Å². The highest BCUT2D eigenvalue weighted by molar-refractivity contribution is 5.71. The first-order chi connectivity index (χ1) is 8.15. The van der Waals surface area contributed by atoms with Gasteiger partial charge in [0, 0.05) is 18.4 Å². The Morgan fingerprint density at radius 1 is 1.24 bits per heavy atom. The summed E-state index contributed by atoms with van der Waals surface area (Å²) >= 11 is 0. The van der Waals surface area contributed by atoms with Crippen LogP contribution in [0.4, 0.5) is 5.82 Å². The van der Waals surface area contributed by atoms with E-state index in [-0.39, 0.29) is 12.1 Å². The molecule has 0 bridgehead atoms. The van der Waals surface area contributed by atoms with Crippen molar-refractivity contribution in [3.8, 4) is 0 Å². The molecule has 0 saturated heterocycles. The number of nitrogens with zero attached hydrogens (tertiary/aromatic N) is 3. The van der Waals surface area contributed by atoms with Gasteiger partial charge in [-0.25, -0.2) is 9.97 Å². The second-order valence-electron chi connectivity index (χ2n) is 4.23. The monoisotopic (exact) mass is 232 g/mol. The van der Waals surface area contributed by atoms with Crippen molar-refractivity contribution in [2.75, 3.05) is 5.32 Å². The summed E-state index contributed by atoms with van der Waals surface area (Å²) in [5.41, 5.74) is 1.41. The molecule has 2 unspecified atom stereocenters. The minimum atomic E-state index is -0.322. The molecule has 2 atom stereocenters. The Morgan fingerprint density at radius 2 is 2.00 bits per heavy atom. The topological polar surface area (TPSA) is 70.9 Å². The Morgan fingerprint density at radius 3 is 2.76 bits per heavy atom. The fraction of sp³-hybridized carbons (Fsp3) is 0.417. The van der Waals surface area contributed by atoms with Crippen LogP contribution in [0.1, 0.15) is 20.3 Å². The quantitative estimate of drug-likeness (QED) is 0.837. The van der Waals surface area contributed by atoms with Gasteiger partial charge in [-0.1, -0.05) is 0 Å². The van der Waals surface area contributed by atoms with Crippen molar-refractivity contribution in [3.05, 3.63) is 24.5 Å². The van der Waals surface area contributed by atoms with Gasteiger partial charge < -0.3 is 10.4 Å². The number of fused-ring (bicyclic) bond motifs is 1. The number of aliphatic hydroxyl groups is 1. The van der Waals surface area contributed by atoms with Gasteiger partial charge in [-0.3, -0.25) is 4.98 Å². The van der Waals surface area contributed by atoms with E-state index in [2.05, 4.69) is 20.3 Å². The van der Waals surface area contributed by atoms with Gasteiger partial charge in [0.05, 0.1) is 6.10 Å². The fourth-order valence-corrected chi connectivity index (χ4v) is 1.76. The van der Waals surface area contributed by atoms with Crippen LogP contribution >= 0.6 is 0 Å². The molecule has 2 rings (SSSR count). The van der Waals surface area contributed by atoms with Crippen LogP contribution in [0.3, 0.4) is 0 Å². The van der Waals surface area contributed by atoms with Crippen LogP contribution in [0.2, 0.25) is 0 Å². The van der Waals surface area contributed by atoms with E-state index >= 15 is 0 Å². The molecular formula is C12H16N4O. The van der Waals surface area contributed by atoms with E-state index in [1.54, 1.807) is 19.3 Å². The molecule has 0 amide bonds. The zero-order valence-electron chi connectivity index (χ0n) is 9.96. The highest BCUT2D eigenvalue weighted by Crippen LogP contribution is 2.12. The van der Waals surface area contributed by atoms with E-state index < -0.39 is 0 Å². The molecule has 0 aromatic carbocycles. The molecule has 0 aliphatic rings. The molecule has 0 spiro atoms. The molecule has 0 aliphatic heterocycles. The Bertz CT molecular complexity index is 501. The van der Waals surface area contributed by atoms with Crippen LogP contribution in [0, 0.1) is 0 Å². The zero-order chi connectivity index (χ0) is 12.3. The largest absolute Gasteiger partial charge is 0.393 e. The molecule has 5 heteroatoms. The van der Waals surface area contributed by atoms with E-state index in [0.717, 1.165) is 11.3 Å². The molecule has 0 aliphatic carbocycles. The number of anilines is 1. The van der Waals surface area contributed by atoms with E-state index in [9.17, 15) is 5.11 Å². The lowest BCUT2D eigenvalue weighted by atomic mass is 10.1. The maximum Gasteiger partial charge on any atom is 0.180 e. The van der Waals surface area contributed by atoms with Gasteiger partial charge in [0.25, 0.3) is 0 Å². The number of aromatic nitrogens is 3. The Kier molecular flexibility index (Phi) is 3.49. The highest BCUT2D eigenvalue weighted by Gasteiger charge is 2.07. The maximum absolute atomic E-state index is 9.29. The van der Waals surface area contributed by atoms with Crippen LogP contribution in [0.15, 0.2) is 24.5 Å². The Balaban J connectivity index is 2.14. The third kappa shape index (κ3) is 3.10. The van der Waals surface area contributed by atoms with E-state index in [4.69, 9.17) is 0 Å². The Labute approximate surface area is 99.9 Å². The maximum atomic E-state index is 9.29. The highest BCUT2D eigenvalue weighted by atomic mass is 16.3. The lowest BCUT2D eigenvalue weighted by Crippen LogP contribution is -2.21. The predicted molar refractivity (Wildman–Crippen MR) is 66.7 cm³/mol. The first-order valence-electron chi connectivity index (χ1n) is 5.67. The van der Waals surface area contributed by atoms with E-state index in [1.807, 2.05) is 19.1 Å². The number of hydrogen-bond donors (Lipinski definition) is 2. The van der Waals surface area contributed by atoms with Crippen LogP contribution in [-0.2, 0) is 0 Å². The number of nitrogens with one attached hydrogen (secondary N) is 1. The molecule has 0 saturated carbocycles. The normalized spacial score (nSPS) is 14.5.